The van der Waals surface area contributed by atoms with Crippen molar-refractivity contribution in [1.82, 2.24) is 9.55 Å². The van der Waals surface area contributed by atoms with Crippen LogP contribution in [0.2, 0.25) is 0 Å². The average Bonchev–Trinajstić information content (AvgIpc) is 3.35. The van der Waals surface area contributed by atoms with Gasteiger partial charge in [-0.05, 0) is 87.7 Å². The molecule has 2 aromatic carbocycles. The number of piperazine rings is 1. The molecule has 224 valence electrons. The Balaban J connectivity index is 1.26. The van der Waals surface area contributed by atoms with Crippen LogP contribution in [0.4, 0.5) is 17.2 Å². The van der Waals surface area contributed by atoms with Gasteiger partial charge in [-0.25, -0.2) is 4.98 Å². The zero-order valence-corrected chi connectivity index (χ0v) is 25.6. The lowest BCUT2D eigenvalue weighted by Gasteiger charge is -2.37. The Morgan fingerprint density at radius 3 is 2.26 bits per heavy atom. The van der Waals surface area contributed by atoms with Crippen molar-refractivity contribution in [3.8, 4) is 11.1 Å². The highest BCUT2D eigenvalue weighted by atomic mass is 16.5. The maximum Gasteiger partial charge on any atom is 0.298 e. The van der Waals surface area contributed by atoms with Crippen LogP contribution in [0.3, 0.4) is 0 Å². The highest BCUT2D eigenvalue weighted by Crippen LogP contribution is 2.29. The van der Waals surface area contributed by atoms with Gasteiger partial charge in [-0.3, -0.25) is 9.59 Å². The number of aromatic nitrogens is 2. The second-order valence-corrected chi connectivity index (χ2v) is 11.1. The van der Waals surface area contributed by atoms with Crippen LogP contribution in [0.1, 0.15) is 40.8 Å². The molecule has 1 aliphatic rings. The summed E-state index contributed by atoms with van der Waals surface area (Å²) in [6, 6.07) is 23.7. The van der Waals surface area contributed by atoms with E-state index in [0.29, 0.717) is 31.1 Å². The largest absolute Gasteiger partial charge is 0.382 e. The smallest absolute Gasteiger partial charge is 0.298 e. The van der Waals surface area contributed by atoms with E-state index >= 15 is 0 Å². The Morgan fingerprint density at radius 1 is 0.884 bits per heavy atom. The maximum atomic E-state index is 13.7. The number of aryl methyl sites for hydroxylation is 3. The zero-order valence-electron chi connectivity index (χ0n) is 25.6. The zero-order chi connectivity index (χ0) is 30.3. The molecule has 8 heteroatoms. The lowest BCUT2D eigenvalue weighted by atomic mass is 10.0. The van der Waals surface area contributed by atoms with Gasteiger partial charge in [0.2, 0.25) is 0 Å². The van der Waals surface area contributed by atoms with E-state index in [-0.39, 0.29) is 0 Å². The fourth-order valence-corrected chi connectivity index (χ4v) is 5.74. The molecule has 43 heavy (non-hydrogen) atoms. The summed E-state index contributed by atoms with van der Waals surface area (Å²) in [7, 11) is 0. The van der Waals surface area contributed by atoms with Crippen LogP contribution >= 0.6 is 0 Å². The number of carbonyl (C=O) groups excluding carboxylic acids is 2. The normalized spacial score (nSPS) is 13.3. The number of benzene rings is 2. The molecule has 0 bridgehead atoms. The van der Waals surface area contributed by atoms with E-state index in [9.17, 15) is 9.59 Å². The molecule has 4 aromatic rings. The molecule has 1 fully saturated rings. The van der Waals surface area contributed by atoms with Crippen LogP contribution < -0.4 is 15.1 Å². The third kappa shape index (κ3) is 7.14. The molecule has 0 saturated carbocycles. The summed E-state index contributed by atoms with van der Waals surface area (Å²) in [5, 5.41) is 2.84. The first-order valence-electron chi connectivity index (χ1n) is 15.1. The first kappa shape index (κ1) is 30.0. The molecule has 1 N–H and O–H groups in total. The number of ketones is 1. The van der Waals surface area contributed by atoms with Gasteiger partial charge in [0.25, 0.3) is 11.7 Å². The van der Waals surface area contributed by atoms with Gasteiger partial charge >= 0.3 is 0 Å². The second-order valence-electron chi connectivity index (χ2n) is 11.1. The molecule has 0 aliphatic carbocycles. The number of hydrogen-bond acceptors (Lipinski definition) is 6. The van der Waals surface area contributed by atoms with E-state index < -0.39 is 11.7 Å². The fraction of sp³-hybridized carbons (Fsp3) is 0.343. The topological polar surface area (TPSA) is 79.7 Å². The van der Waals surface area contributed by atoms with E-state index in [1.165, 1.54) is 5.56 Å². The molecule has 1 aliphatic heterocycles. The Kier molecular flexibility index (Phi) is 9.57. The minimum atomic E-state index is -0.649. The number of hydrogen-bond donors (Lipinski definition) is 1. The third-order valence-corrected chi connectivity index (χ3v) is 7.86. The van der Waals surface area contributed by atoms with Gasteiger partial charge in [0, 0.05) is 74.3 Å². The molecule has 5 rings (SSSR count). The van der Waals surface area contributed by atoms with E-state index in [1.54, 1.807) is 0 Å². The molecule has 1 saturated heterocycles. The van der Waals surface area contributed by atoms with Crippen LogP contribution in [0.5, 0.6) is 0 Å². The molecule has 2 aromatic heterocycles. The summed E-state index contributed by atoms with van der Waals surface area (Å²) in [6.07, 6.45) is 0.746. The monoisotopic (exact) mass is 579 g/mol. The molecular formula is C35H41N5O3. The van der Waals surface area contributed by atoms with E-state index in [1.807, 2.05) is 86.0 Å². The number of carbonyl (C=O) groups is 2. The number of amides is 1. The van der Waals surface area contributed by atoms with Gasteiger partial charge in [-0.2, -0.15) is 0 Å². The highest BCUT2D eigenvalue weighted by Gasteiger charge is 2.26. The van der Waals surface area contributed by atoms with Gasteiger partial charge in [0.1, 0.15) is 11.5 Å². The summed E-state index contributed by atoms with van der Waals surface area (Å²) < 4.78 is 7.46. The molecule has 3 heterocycles. The van der Waals surface area contributed by atoms with Crippen molar-refractivity contribution in [3.63, 3.8) is 0 Å². The van der Waals surface area contributed by atoms with Crippen molar-refractivity contribution in [2.45, 2.75) is 40.7 Å². The predicted molar refractivity (Wildman–Crippen MR) is 173 cm³/mol. The molecule has 0 radical (unpaired) electrons. The van der Waals surface area contributed by atoms with Crippen molar-refractivity contribution in [3.05, 3.63) is 95.4 Å². The molecule has 0 unspecified atom stereocenters. The lowest BCUT2D eigenvalue weighted by Crippen LogP contribution is -2.46. The minimum absolute atomic E-state index is 0.408. The Labute approximate surface area is 254 Å². The first-order valence-corrected chi connectivity index (χ1v) is 15.1. The summed E-state index contributed by atoms with van der Waals surface area (Å²) in [5.41, 5.74) is 6.95. The summed E-state index contributed by atoms with van der Waals surface area (Å²) in [5.74, 6) is -0.168. The Bertz CT molecular complexity index is 1530. The van der Waals surface area contributed by atoms with E-state index in [0.717, 1.165) is 66.6 Å². The number of Topliss-reactive ketones (excluding diaryl/α,β-unsaturated/α-hetero) is 1. The summed E-state index contributed by atoms with van der Waals surface area (Å²) in [6.45, 7) is 13.4. The number of ether oxygens (including phenoxy) is 1. The van der Waals surface area contributed by atoms with Crippen LogP contribution in [0, 0.1) is 20.8 Å². The van der Waals surface area contributed by atoms with Gasteiger partial charge < -0.3 is 24.4 Å². The quantitative estimate of drug-likeness (QED) is 0.132. The molecule has 0 atom stereocenters. The van der Waals surface area contributed by atoms with Crippen molar-refractivity contribution in [2.75, 3.05) is 54.5 Å². The molecular weight excluding hydrogens is 538 g/mol. The number of pyridine rings is 1. The van der Waals surface area contributed by atoms with Crippen LogP contribution in [-0.4, -0.2) is 60.6 Å². The average molecular weight is 580 g/mol. The standard InChI is InChI=1S/C35H41N5O3/c1-5-43-21-9-16-40-27(4)24-31(28-10-7-6-8-11-28)33(40)34(41)35(42)37-29-12-14-30(15-13-29)38-17-19-39(20-18-38)32-23-25(2)22-26(3)36-32/h6-8,10-15,22-24H,5,9,16-21H2,1-4H3,(H,37,42). The predicted octanol–water partition coefficient (Wildman–Crippen LogP) is 6.05. The Morgan fingerprint density at radius 2 is 1.58 bits per heavy atom. The second kappa shape index (κ2) is 13.7. The van der Waals surface area contributed by atoms with Crippen molar-refractivity contribution in [1.29, 1.82) is 0 Å². The first-order chi connectivity index (χ1) is 20.8. The number of nitrogens with zero attached hydrogens (tertiary/aromatic N) is 4. The van der Waals surface area contributed by atoms with Gasteiger partial charge in [0.15, 0.2) is 0 Å². The van der Waals surface area contributed by atoms with Crippen molar-refractivity contribution >= 4 is 28.9 Å². The highest BCUT2D eigenvalue weighted by molar-refractivity contribution is 6.47. The van der Waals surface area contributed by atoms with E-state index in [4.69, 9.17) is 9.72 Å². The summed E-state index contributed by atoms with van der Waals surface area (Å²) in [4.78, 5) is 36.4. The van der Waals surface area contributed by atoms with Crippen molar-refractivity contribution in [2.24, 2.45) is 0 Å². The number of rotatable bonds is 11. The fourth-order valence-electron chi connectivity index (χ4n) is 5.74. The molecule has 1 amide bonds. The lowest BCUT2D eigenvalue weighted by molar-refractivity contribution is -0.112. The SMILES string of the molecule is CCOCCCn1c(C)cc(-c2ccccc2)c1C(=O)C(=O)Nc1ccc(N2CCN(c3cc(C)cc(C)n3)CC2)cc1. The van der Waals surface area contributed by atoms with Crippen molar-refractivity contribution < 1.29 is 14.3 Å². The van der Waals surface area contributed by atoms with Gasteiger partial charge in [-0.15, -0.1) is 0 Å². The Hall–Kier alpha value is -4.43. The van der Waals surface area contributed by atoms with Crippen LogP contribution in [0.25, 0.3) is 11.1 Å². The summed E-state index contributed by atoms with van der Waals surface area (Å²) >= 11 is 0. The molecule has 8 nitrogen and oxygen atoms in total. The minimum Gasteiger partial charge on any atom is -0.382 e. The van der Waals surface area contributed by atoms with E-state index in [2.05, 4.69) is 34.2 Å². The molecule has 0 spiro atoms. The number of nitrogens with one attached hydrogen (secondary N) is 1. The third-order valence-electron chi connectivity index (χ3n) is 7.86. The number of anilines is 3. The van der Waals surface area contributed by atoms with Gasteiger partial charge in [0.05, 0.1) is 0 Å². The maximum absolute atomic E-state index is 13.7. The van der Waals surface area contributed by atoms with Crippen LogP contribution in [-0.2, 0) is 16.1 Å². The van der Waals surface area contributed by atoms with Gasteiger partial charge in [-0.1, -0.05) is 30.3 Å². The van der Waals surface area contributed by atoms with Crippen LogP contribution in [0.15, 0.2) is 72.8 Å².